The Bertz CT molecular complexity index is 1300. The van der Waals surface area contributed by atoms with E-state index >= 15 is 0 Å². The van der Waals surface area contributed by atoms with E-state index in [-0.39, 0.29) is 16.9 Å². The summed E-state index contributed by atoms with van der Waals surface area (Å²) in [6, 6.07) is 14.8. The molecular formula is C24H15F3N2O3. The van der Waals surface area contributed by atoms with Gasteiger partial charge in [0.05, 0.1) is 28.6 Å². The van der Waals surface area contributed by atoms with Gasteiger partial charge < -0.3 is 4.74 Å². The summed E-state index contributed by atoms with van der Waals surface area (Å²) in [4.78, 5) is 25.2. The van der Waals surface area contributed by atoms with E-state index in [0.29, 0.717) is 0 Å². The van der Waals surface area contributed by atoms with Crippen LogP contribution in [0.2, 0.25) is 0 Å². The first-order chi connectivity index (χ1) is 15.4. The Hall–Kier alpha value is -4.20. The number of ether oxygens (including phenoxy) is 1. The summed E-state index contributed by atoms with van der Waals surface area (Å²) in [5.74, 6) is -3.84. The maximum Gasteiger partial charge on any atom is 0.203 e. The zero-order valence-corrected chi connectivity index (χ0v) is 16.5. The van der Waals surface area contributed by atoms with Gasteiger partial charge in [0.2, 0.25) is 5.78 Å². The standard InChI is InChI=1S/C24H15F3N2O3/c25-16-6-8-21(27)19(10-16)22(30)14-32-23-9-7-17(26)11-20(23)24(31)15-12-28-29(13-15)18-4-2-1-3-5-18/h1-13H,14H2. The number of para-hydroxylation sites is 1. The third kappa shape index (κ3) is 4.44. The molecule has 0 atom stereocenters. The number of halogens is 3. The summed E-state index contributed by atoms with van der Waals surface area (Å²) < 4.78 is 47.9. The van der Waals surface area contributed by atoms with Gasteiger partial charge in [0.1, 0.15) is 23.2 Å². The summed E-state index contributed by atoms with van der Waals surface area (Å²) in [5.41, 5.74) is 0.283. The lowest BCUT2D eigenvalue weighted by Gasteiger charge is -2.10. The number of Topliss-reactive ketones (excluding diaryl/α,β-unsaturated/α-hetero) is 1. The van der Waals surface area contributed by atoms with E-state index in [2.05, 4.69) is 5.10 Å². The fourth-order valence-electron chi connectivity index (χ4n) is 3.06. The highest BCUT2D eigenvalue weighted by atomic mass is 19.1. The van der Waals surface area contributed by atoms with Gasteiger partial charge in [-0.05, 0) is 48.5 Å². The Morgan fingerprint density at radius 1 is 0.875 bits per heavy atom. The number of ketones is 2. The molecule has 3 aromatic carbocycles. The molecule has 0 aliphatic heterocycles. The summed E-state index contributed by atoms with van der Waals surface area (Å²) in [5, 5.41) is 4.15. The summed E-state index contributed by atoms with van der Waals surface area (Å²) in [6.07, 6.45) is 2.82. The number of carbonyl (C=O) groups is 2. The van der Waals surface area contributed by atoms with E-state index in [1.165, 1.54) is 23.1 Å². The van der Waals surface area contributed by atoms with Crippen molar-refractivity contribution in [3.63, 3.8) is 0 Å². The quantitative estimate of drug-likeness (QED) is 0.391. The molecule has 0 N–H and O–H groups in total. The smallest absolute Gasteiger partial charge is 0.203 e. The number of nitrogens with zero attached hydrogens (tertiary/aromatic N) is 2. The van der Waals surface area contributed by atoms with Crippen molar-refractivity contribution in [2.45, 2.75) is 0 Å². The fourth-order valence-corrected chi connectivity index (χ4v) is 3.06. The van der Waals surface area contributed by atoms with Gasteiger partial charge in [0, 0.05) is 6.20 Å². The second-order valence-corrected chi connectivity index (χ2v) is 6.81. The van der Waals surface area contributed by atoms with Crippen LogP contribution in [0.3, 0.4) is 0 Å². The zero-order chi connectivity index (χ0) is 22.7. The van der Waals surface area contributed by atoms with Gasteiger partial charge in [-0.3, -0.25) is 9.59 Å². The van der Waals surface area contributed by atoms with Crippen molar-refractivity contribution < 1.29 is 27.5 Å². The SMILES string of the molecule is O=C(COc1ccc(F)cc1C(=O)c1cnn(-c2ccccc2)c1)c1cc(F)ccc1F. The summed E-state index contributed by atoms with van der Waals surface area (Å²) in [6.45, 7) is -0.671. The molecule has 4 rings (SSSR count). The van der Waals surface area contributed by atoms with E-state index in [4.69, 9.17) is 4.74 Å². The molecule has 0 aliphatic carbocycles. The third-order valence-corrected chi connectivity index (χ3v) is 4.64. The van der Waals surface area contributed by atoms with Crippen LogP contribution in [-0.2, 0) is 0 Å². The lowest BCUT2D eigenvalue weighted by molar-refractivity contribution is 0.0910. The van der Waals surface area contributed by atoms with Crippen LogP contribution in [0.4, 0.5) is 13.2 Å². The van der Waals surface area contributed by atoms with E-state index in [9.17, 15) is 22.8 Å². The third-order valence-electron chi connectivity index (χ3n) is 4.64. The van der Waals surface area contributed by atoms with Crippen LogP contribution in [0, 0.1) is 17.5 Å². The Kier molecular flexibility index (Phi) is 5.85. The Labute approximate surface area is 180 Å². The molecule has 1 heterocycles. The van der Waals surface area contributed by atoms with Crippen LogP contribution in [-0.4, -0.2) is 28.0 Å². The van der Waals surface area contributed by atoms with Gasteiger partial charge in [0.25, 0.3) is 0 Å². The lowest BCUT2D eigenvalue weighted by Crippen LogP contribution is -2.15. The Morgan fingerprint density at radius 2 is 1.56 bits per heavy atom. The zero-order valence-electron chi connectivity index (χ0n) is 16.5. The predicted octanol–water partition coefficient (Wildman–Crippen LogP) is 4.78. The second kappa shape index (κ2) is 8.89. The Balaban J connectivity index is 1.57. The molecule has 160 valence electrons. The number of benzene rings is 3. The van der Waals surface area contributed by atoms with Gasteiger partial charge in [-0.1, -0.05) is 18.2 Å². The predicted molar refractivity (Wildman–Crippen MR) is 110 cm³/mol. The van der Waals surface area contributed by atoms with Crippen molar-refractivity contribution in [2.24, 2.45) is 0 Å². The molecule has 0 unspecified atom stereocenters. The molecule has 5 nitrogen and oxygen atoms in total. The molecule has 0 spiro atoms. The highest BCUT2D eigenvalue weighted by Gasteiger charge is 2.20. The molecule has 1 aromatic heterocycles. The van der Waals surface area contributed by atoms with E-state index in [1.807, 2.05) is 18.2 Å². The van der Waals surface area contributed by atoms with Gasteiger partial charge in [-0.2, -0.15) is 5.10 Å². The van der Waals surface area contributed by atoms with Crippen LogP contribution >= 0.6 is 0 Å². The van der Waals surface area contributed by atoms with Crippen LogP contribution in [0.1, 0.15) is 26.3 Å². The van der Waals surface area contributed by atoms with Crippen molar-refractivity contribution in [1.82, 2.24) is 9.78 Å². The van der Waals surface area contributed by atoms with Crippen LogP contribution in [0.25, 0.3) is 5.69 Å². The maximum absolute atomic E-state index is 13.9. The molecule has 0 saturated carbocycles. The largest absolute Gasteiger partial charge is 0.485 e. The first kappa shape index (κ1) is 21.0. The van der Waals surface area contributed by atoms with Crippen LogP contribution in [0.5, 0.6) is 5.75 Å². The summed E-state index contributed by atoms with van der Waals surface area (Å²) in [7, 11) is 0. The normalized spacial score (nSPS) is 10.7. The minimum atomic E-state index is -0.899. The number of carbonyl (C=O) groups excluding carboxylic acids is 2. The average Bonchev–Trinajstić information content (AvgIpc) is 3.30. The number of hydrogen-bond acceptors (Lipinski definition) is 4. The van der Waals surface area contributed by atoms with Crippen LogP contribution < -0.4 is 4.74 Å². The molecule has 4 aromatic rings. The lowest BCUT2D eigenvalue weighted by atomic mass is 10.0. The van der Waals surface area contributed by atoms with Crippen LogP contribution in [0.15, 0.2) is 79.1 Å². The first-order valence-corrected chi connectivity index (χ1v) is 9.48. The summed E-state index contributed by atoms with van der Waals surface area (Å²) >= 11 is 0. The van der Waals surface area contributed by atoms with Gasteiger partial charge in [-0.15, -0.1) is 0 Å². The first-order valence-electron chi connectivity index (χ1n) is 9.48. The van der Waals surface area contributed by atoms with Gasteiger partial charge in [0.15, 0.2) is 12.4 Å². The van der Waals surface area contributed by atoms with Crippen molar-refractivity contribution >= 4 is 11.6 Å². The van der Waals surface area contributed by atoms with Crippen molar-refractivity contribution in [1.29, 1.82) is 0 Å². The van der Waals surface area contributed by atoms with Crippen molar-refractivity contribution in [2.75, 3.05) is 6.61 Å². The minimum Gasteiger partial charge on any atom is -0.485 e. The minimum absolute atomic E-state index is 0.0750. The number of aromatic nitrogens is 2. The molecule has 0 fully saturated rings. The molecule has 0 radical (unpaired) electrons. The molecule has 0 saturated heterocycles. The average molecular weight is 436 g/mol. The fraction of sp³-hybridized carbons (Fsp3) is 0.0417. The highest BCUT2D eigenvalue weighted by Crippen LogP contribution is 2.24. The van der Waals surface area contributed by atoms with Crippen molar-refractivity contribution in [3.8, 4) is 11.4 Å². The molecule has 8 heteroatoms. The molecule has 0 amide bonds. The second-order valence-electron chi connectivity index (χ2n) is 6.81. The van der Waals surface area contributed by atoms with Gasteiger partial charge >= 0.3 is 0 Å². The molecular weight excluding hydrogens is 421 g/mol. The number of hydrogen-bond donors (Lipinski definition) is 0. The molecule has 32 heavy (non-hydrogen) atoms. The molecule has 0 bridgehead atoms. The van der Waals surface area contributed by atoms with E-state index in [0.717, 1.165) is 36.0 Å². The monoisotopic (exact) mass is 436 g/mol. The highest BCUT2D eigenvalue weighted by molar-refractivity contribution is 6.10. The number of rotatable bonds is 7. The van der Waals surface area contributed by atoms with Crippen molar-refractivity contribution in [3.05, 3.63) is 113 Å². The maximum atomic E-state index is 13.9. The topological polar surface area (TPSA) is 61.2 Å². The van der Waals surface area contributed by atoms with Gasteiger partial charge in [-0.25, -0.2) is 17.9 Å². The van der Waals surface area contributed by atoms with E-state index in [1.54, 1.807) is 12.1 Å². The van der Waals surface area contributed by atoms with E-state index < -0.39 is 41.2 Å². The Morgan fingerprint density at radius 3 is 2.31 bits per heavy atom. The molecule has 0 aliphatic rings.